The Hall–Kier alpha value is -7.05. The number of likely N-dealkylation sites (N-methyl/N-ethyl adjacent to an activating group) is 1. The molecule has 272 valence electrons. The summed E-state index contributed by atoms with van der Waals surface area (Å²) in [7, 11) is 2.09. The number of hydrogen-bond acceptors (Lipinski definition) is 4. The van der Waals surface area contributed by atoms with Crippen LogP contribution in [0, 0.1) is 0 Å². The van der Waals surface area contributed by atoms with E-state index in [1.807, 2.05) is 36.6 Å². The Bertz CT molecular complexity index is 2840. The van der Waals surface area contributed by atoms with Gasteiger partial charge >= 0.3 is 0 Å². The topological polar surface area (TPSA) is 50.7 Å². The zero-order chi connectivity index (χ0) is 38.0. The number of rotatable bonds is 9. The average molecular weight is 727 g/mol. The first-order valence-corrected chi connectivity index (χ1v) is 19.2. The second-order valence-electron chi connectivity index (χ2n) is 14.0. The van der Waals surface area contributed by atoms with Crippen molar-refractivity contribution in [3.05, 3.63) is 193 Å². The summed E-state index contributed by atoms with van der Waals surface area (Å²) >= 11 is 0. The Balaban J connectivity index is 1.20. The minimum Gasteiger partial charge on any atom is -0.334 e. The van der Waals surface area contributed by atoms with Gasteiger partial charge < -0.3 is 9.47 Å². The summed E-state index contributed by atoms with van der Waals surface area (Å²) in [5.41, 5.74) is 11.1. The van der Waals surface area contributed by atoms with E-state index in [0.717, 1.165) is 63.5 Å². The van der Waals surface area contributed by atoms with E-state index in [2.05, 4.69) is 168 Å². The summed E-state index contributed by atoms with van der Waals surface area (Å²) in [5.74, 6) is 1.65. The third-order valence-electron chi connectivity index (χ3n) is 10.6. The molecule has 56 heavy (non-hydrogen) atoms. The molecule has 6 nitrogen and oxygen atoms in total. The lowest BCUT2D eigenvalue weighted by molar-refractivity contribution is 0.381. The van der Waals surface area contributed by atoms with Crippen molar-refractivity contribution in [2.45, 2.75) is 25.9 Å². The molecule has 0 saturated carbocycles. The van der Waals surface area contributed by atoms with E-state index >= 15 is 0 Å². The monoisotopic (exact) mass is 726 g/mol. The largest absolute Gasteiger partial charge is 0.334 e. The van der Waals surface area contributed by atoms with Gasteiger partial charge in [-0.05, 0) is 85.5 Å². The van der Waals surface area contributed by atoms with Crippen molar-refractivity contribution in [3.8, 4) is 22.5 Å². The maximum absolute atomic E-state index is 5.13. The van der Waals surface area contributed by atoms with Gasteiger partial charge in [-0.25, -0.2) is 15.0 Å². The van der Waals surface area contributed by atoms with Gasteiger partial charge in [0.05, 0.1) is 16.7 Å². The van der Waals surface area contributed by atoms with Crippen molar-refractivity contribution in [2.24, 2.45) is 9.98 Å². The molecule has 1 aliphatic carbocycles. The van der Waals surface area contributed by atoms with E-state index in [-0.39, 0.29) is 6.17 Å². The van der Waals surface area contributed by atoms with E-state index in [9.17, 15) is 0 Å². The standard InChI is InChI=1S/C50H42N6/c1-4-6-7-14-29-45-52-48(35-20-10-8-11-21-35)54(3)49(53-45)36-30-32-38(33-31-36)56-44(19-5-2)46(42-27-18-34-51-50(42)56)41-26-17-25-40-39-24-15-16-28-43(39)55(47(40)41)37-22-12-9-13-23-37/h4-10,12-20,22-34,49H,1,11,21H2,2-3H3/b7-6-,19-5-,29-14?. The highest BCUT2D eigenvalue weighted by Gasteiger charge is 2.28. The second kappa shape index (κ2) is 15.0. The lowest BCUT2D eigenvalue weighted by Gasteiger charge is -2.33. The summed E-state index contributed by atoms with van der Waals surface area (Å²) < 4.78 is 4.70. The first-order valence-electron chi connectivity index (χ1n) is 19.2. The fraction of sp³-hybridized carbons (Fsp3) is 0.100. The molecular formula is C50H42N6. The highest BCUT2D eigenvalue weighted by Crippen LogP contribution is 2.44. The molecule has 4 heterocycles. The molecule has 9 rings (SSSR count). The fourth-order valence-corrected chi connectivity index (χ4v) is 8.15. The van der Waals surface area contributed by atoms with Crippen LogP contribution in [-0.2, 0) is 0 Å². The number of para-hydroxylation sites is 3. The molecule has 1 aliphatic heterocycles. The molecule has 3 aromatic heterocycles. The van der Waals surface area contributed by atoms with Crippen LogP contribution in [0.4, 0.5) is 0 Å². The molecule has 0 saturated heterocycles. The summed E-state index contributed by atoms with van der Waals surface area (Å²) in [6.07, 6.45) is 24.0. The molecule has 0 bridgehead atoms. The highest BCUT2D eigenvalue weighted by atomic mass is 15.3. The van der Waals surface area contributed by atoms with Crippen LogP contribution in [-0.4, -0.2) is 37.7 Å². The van der Waals surface area contributed by atoms with Gasteiger partial charge in [0.25, 0.3) is 0 Å². The van der Waals surface area contributed by atoms with Gasteiger partial charge in [-0.15, -0.1) is 0 Å². The zero-order valence-electron chi connectivity index (χ0n) is 31.6. The lowest BCUT2D eigenvalue weighted by Crippen LogP contribution is -2.35. The van der Waals surface area contributed by atoms with E-state index in [1.165, 1.54) is 27.4 Å². The molecule has 6 heteroatoms. The van der Waals surface area contributed by atoms with Crippen molar-refractivity contribution >= 4 is 50.6 Å². The normalized spacial score (nSPS) is 16.1. The number of amidine groups is 2. The molecule has 1 atom stereocenters. The van der Waals surface area contributed by atoms with E-state index in [1.54, 1.807) is 6.08 Å². The van der Waals surface area contributed by atoms with Gasteiger partial charge in [-0.2, -0.15) is 0 Å². The van der Waals surface area contributed by atoms with E-state index in [4.69, 9.17) is 15.0 Å². The number of aromatic nitrogens is 3. The molecule has 4 aromatic carbocycles. The van der Waals surface area contributed by atoms with Gasteiger partial charge in [0.15, 0.2) is 5.84 Å². The van der Waals surface area contributed by atoms with Crippen molar-refractivity contribution in [1.82, 2.24) is 19.0 Å². The Morgan fingerprint density at radius 1 is 0.750 bits per heavy atom. The summed E-state index contributed by atoms with van der Waals surface area (Å²) in [5, 5.41) is 3.54. The van der Waals surface area contributed by atoms with Gasteiger partial charge in [0.2, 0.25) is 0 Å². The Kier molecular flexibility index (Phi) is 9.29. The van der Waals surface area contributed by atoms with Crippen molar-refractivity contribution in [2.75, 3.05) is 7.05 Å². The maximum atomic E-state index is 5.13. The molecule has 0 amide bonds. The number of aliphatic imine (C=N–C) groups is 2. The smallest absolute Gasteiger partial charge is 0.152 e. The number of hydrogen-bond donors (Lipinski definition) is 0. The van der Waals surface area contributed by atoms with Crippen molar-refractivity contribution in [3.63, 3.8) is 0 Å². The number of allylic oxidation sites excluding steroid dienone is 8. The summed E-state index contributed by atoms with van der Waals surface area (Å²) in [6, 6.07) is 39.1. The van der Waals surface area contributed by atoms with E-state index < -0.39 is 0 Å². The minimum atomic E-state index is -0.242. The van der Waals surface area contributed by atoms with Crippen molar-refractivity contribution in [1.29, 1.82) is 0 Å². The summed E-state index contributed by atoms with van der Waals surface area (Å²) in [6.45, 7) is 5.86. The highest BCUT2D eigenvalue weighted by molar-refractivity contribution is 6.17. The third kappa shape index (κ3) is 6.06. The number of benzene rings is 4. The predicted octanol–water partition coefficient (Wildman–Crippen LogP) is 12.1. The molecular weight excluding hydrogens is 685 g/mol. The molecule has 0 N–H and O–H groups in total. The van der Waals surface area contributed by atoms with Crippen LogP contribution in [0.3, 0.4) is 0 Å². The first-order chi connectivity index (χ1) is 27.7. The van der Waals surface area contributed by atoms with Crippen LogP contribution in [0.15, 0.2) is 192 Å². The Labute approximate surface area is 327 Å². The minimum absolute atomic E-state index is 0.242. The number of fused-ring (bicyclic) bond motifs is 4. The predicted molar refractivity (Wildman–Crippen MR) is 236 cm³/mol. The van der Waals surface area contributed by atoms with Gasteiger partial charge in [-0.1, -0.05) is 122 Å². The first kappa shape index (κ1) is 34.7. The Morgan fingerprint density at radius 2 is 1.54 bits per heavy atom. The molecule has 2 aliphatic rings. The molecule has 7 aromatic rings. The zero-order valence-corrected chi connectivity index (χ0v) is 31.6. The van der Waals surface area contributed by atoms with Gasteiger partial charge in [0, 0.05) is 51.9 Å². The van der Waals surface area contributed by atoms with Crippen molar-refractivity contribution < 1.29 is 0 Å². The fourth-order valence-electron chi connectivity index (χ4n) is 8.15. The molecule has 0 radical (unpaired) electrons. The van der Waals surface area contributed by atoms with Crippen LogP contribution in [0.25, 0.3) is 61.4 Å². The number of pyridine rings is 1. The van der Waals surface area contributed by atoms with Crippen LogP contribution in [0.1, 0.15) is 37.2 Å². The van der Waals surface area contributed by atoms with Crippen LogP contribution < -0.4 is 0 Å². The van der Waals surface area contributed by atoms with Crippen LogP contribution in [0.5, 0.6) is 0 Å². The maximum Gasteiger partial charge on any atom is 0.152 e. The van der Waals surface area contributed by atoms with Gasteiger partial charge in [0.1, 0.15) is 17.6 Å². The van der Waals surface area contributed by atoms with Gasteiger partial charge in [-0.3, -0.25) is 4.57 Å². The summed E-state index contributed by atoms with van der Waals surface area (Å²) in [4.78, 5) is 17.4. The van der Waals surface area contributed by atoms with Crippen LogP contribution in [0.2, 0.25) is 0 Å². The lowest BCUT2D eigenvalue weighted by atomic mass is 9.99. The van der Waals surface area contributed by atoms with E-state index in [0.29, 0.717) is 5.84 Å². The SMILES string of the molecule is C=C/C=C\C=CC1=NC(c2ccc(-n3c(/C=C\C)c(-c4cccc5c6ccccc6n(-c6ccccc6)c45)c4cccnc43)cc2)N(C)C(C2=CC=CCC2)=N1. The van der Waals surface area contributed by atoms with Crippen LogP contribution >= 0.6 is 0 Å². The Morgan fingerprint density at radius 3 is 2.34 bits per heavy atom. The molecule has 1 unspecified atom stereocenters. The average Bonchev–Trinajstić information content (AvgIpc) is 3.76. The number of nitrogens with zero attached hydrogens (tertiary/aromatic N) is 6. The quantitative estimate of drug-likeness (QED) is 0.139. The second-order valence-corrected chi connectivity index (χ2v) is 14.0. The third-order valence-corrected chi connectivity index (χ3v) is 10.6. The molecule has 0 spiro atoms. The molecule has 0 fully saturated rings.